The number of hydrogen-bond donors (Lipinski definition) is 0. The molecule has 0 saturated heterocycles. The van der Waals surface area contributed by atoms with Crippen LogP contribution in [0.5, 0.6) is 5.75 Å². The van der Waals surface area contributed by atoms with Crippen LogP contribution < -0.4 is 4.74 Å². The highest BCUT2D eigenvalue weighted by atomic mass is 19.3. The first-order valence-corrected chi connectivity index (χ1v) is 11.2. The van der Waals surface area contributed by atoms with E-state index in [-0.39, 0.29) is 11.8 Å². The fourth-order valence-corrected chi connectivity index (χ4v) is 4.67. The summed E-state index contributed by atoms with van der Waals surface area (Å²) in [6.07, 6.45) is 3.78. The summed E-state index contributed by atoms with van der Waals surface area (Å²) in [6, 6.07) is 12.8. The topological polar surface area (TPSA) is 79.4 Å². The monoisotopic (exact) mass is 476 g/mol. The van der Waals surface area contributed by atoms with E-state index in [2.05, 4.69) is 51.2 Å². The molecule has 0 radical (unpaired) electrons. The van der Waals surface area contributed by atoms with Crippen molar-refractivity contribution in [1.29, 1.82) is 0 Å². The Balaban J connectivity index is 1.46. The van der Waals surface area contributed by atoms with Crippen molar-refractivity contribution in [2.75, 3.05) is 0 Å². The summed E-state index contributed by atoms with van der Waals surface area (Å²) in [7, 11) is 0. The van der Waals surface area contributed by atoms with Crippen LogP contribution in [0.2, 0.25) is 0 Å². The zero-order valence-corrected chi connectivity index (χ0v) is 19.3. The highest BCUT2D eigenvalue weighted by Crippen LogP contribution is 2.40. The fraction of sp³-hybridized carbons (Fsp3) is 0.280. The molecule has 2 aromatic carbocycles. The molecule has 0 N–H and O–H groups in total. The van der Waals surface area contributed by atoms with Gasteiger partial charge in [-0.3, -0.25) is 4.57 Å². The molecule has 0 amide bonds. The van der Waals surface area contributed by atoms with Crippen LogP contribution in [0.3, 0.4) is 0 Å². The number of rotatable bonds is 4. The van der Waals surface area contributed by atoms with Gasteiger partial charge in [-0.15, -0.1) is 5.10 Å². The third kappa shape index (κ3) is 3.56. The Morgan fingerprint density at radius 3 is 2.69 bits per heavy atom. The molecule has 2 aliphatic rings. The number of imidazole rings is 1. The predicted octanol–water partition coefficient (Wildman–Crippen LogP) is 4.56. The molecule has 4 heterocycles. The van der Waals surface area contributed by atoms with Gasteiger partial charge in [0.05, 0.1) is 29.0 Å². The maximum Gasteiger partial charge on any atom is 0.387 e. The van der Waals surface area contributed by atoms with E-state index in [9.17, 15) is 8.78 Å². The summed E-state index contributed by atoms with van der Waals surface area (Å²) in [5, 5.41) is 8.21. The predicted molar refractivity (Wildman–Crippen MR) is 124 cm³/mol. The molecule has 0 spiro atoms. The molecule has 2 aromatic heterocycles. The highest BCUT2D eigenvalue weighted by molar-refractivity contribution is 5.95. The van der Waals surface area contributed by atoms with Gasteiger partial charge in [0, 0.05) is 12.5 Å². The Bertz CT molecular complexity index is 1460. The Hall–Kier alpha value is -4.08. The van der Waals surface area contributed by atoms with Crippen molar-refractivity contribution in [2.24, 2.45) is 4.99 Å². The molecule has 178 valence electrons. The van der Waals surface area contributed by atoms with Crippen LogP contribution in [0.4, 0.5) is 8.78 Å². The van der Waals surface area contributed by atoms with E-state index in [1.807, 2.05) is 18.4 Å². The van der Waals surface area contributed by atoms with Crippen molar-refractivity contribution < 1.29 is 18.3 Å². The van der Waals surface area contributed by atoms with Crippen LogP contribution in [-0.4, -0.2) is 42.7 Å². The molecular formula is C25H22F2N6O2. The molecule has 1 atom stereocenters. The van der Waals surface area contributed by atoms with Crippen molar-refractivity contribution >= 4 is 5.90 Å². The number of halogens is 2. The second-order valence-corrected chi connectivity index (χ2v) is 9.21. The number of aryl methyl sites for hydroxylation is 1. The van der Waals surface area contributed by atoms with Gasteiger partial charge in [0.1, 0.15) is 29.4 Å². The van der Waals surface area contributed by atoms with Crippen LogP contribution in [0.1, 0.15) is 48.1 Å². The number of alkyl halides is 2. The molecule has 2 aliphatic heterocycles. The average molecular weight is 476 g/mol. The molecule has 0 bridgehead atoms. The number of nitrogens with zero attached hydrogens (tertiary/aromatic N) is 6. The third-order valence-corrected chi connectivity index (χ3v) is 6.35. The van der Waals surface area contributed by atoms with Gasteiger partial charge in [-0.1, -0.05) is 35.0 Å². The lowest BCUT2D eigenvalue weighted by Crippen LogP contribution is -2.28. The number of aromatic nitrogens is 5. The quantitative estimate of drug-likeness (QED) is 0.380. The zero-order chi connectivity index (χ0) is 24.3. The summed E-state index contributed by atoms with van der Waals surface area (Å²) in [5.41, 5.74) is 5.20. The summed E-state index contributed by atoms with van der Waals surface area (Å²) < 4.78 is 40.1. The summed E-state index contributed by atoms with van der Waals surface area (Å²) in [5.74, 6) is 0.504. The van der Waals surface area contributed by atoms with E-state index in [0.29, 0.717) is 29.4 Å². The van der Waals surface area contributed by atoms with E-state index in [1.165, 1.54) is 17.7 Å². The standard InChI is InChI=1S/C25H22F2N6O2/c1-14-4-6-15(7-5-14)22-25(2,3)35-23(30-22)21-20-10-16-12-29-31-33(16)19-11-17(34-24(26)27)8-9-18(19)32(20)13-28-21/h4-9,11-13,22,24H,10H2,1-3H3/t22-/m0/s1. The molecule has 6 rings (SSSR count). The molecule has 0 aliphatic carbocycles. The third-order valence-electron chi connectivity index (χ3n) is 6.35. The minimum atomic E-state index is -2.92. The van der Waals surface area contributed by atoms with Gasteiger partial charge in [-0.25, -0.2) is 14.7 Å². The maximum atomic E-state index is 12.8. The second-order valence-electron chi connectivity index (χ2n) is 9.21. The average Bonchev–Trinajstić information content (AvgIpc) is 3.50. The molecular weight excluding hydrogens is 454 g/mol. The summed E-state index contributed by atoms with van der Waals surface area (Å²) >= 11 is 0. The molecule has 4 aromatic rings. The minimum Gasteiger partial charge on any atom is -0.468 e. The lowest BCUT2D eigenvalue weighted by molar-refractivity contribution is -0.0498. The van der Waals surface area contributed by atoms with Crippen molar-refractivity contribution in [3.05, 3.63) is 83.2 Å². The maximum absolute atomic E-state index is 12.8. The Morgan fingerprint density at radius 2 is 1.91 bits per heavy atom. The first-order valence-electron chi connectivity index (χ1n) is 11.2. The first kappa shape index (κ1) is 21.5. The van der Waals surface area contributed by atoms with E-state index in [4.69, 9.17) is 9.73 Å². The van der Waals surface area contributed by atoms with Crippen LogP contribution in [-0.2, 0) is 11.2 Å². The first-order chi connectivity index (χ1) is 16.8. The summed E-state index contributed by atoms with van der Waals surface area (Å²) in [4.78, 5) is 9.61. The Labute approximate surface area is 199 Å². The van der Waals surface area contributed by atoms with E-state index in [1.54, 1.807) is 23.3 Å². The summed E-state index contributed by atoms with van der Waals surface area (Å²) in [6.45, 7) is 3.16. The van der Waals surface area contributed by atoms with Gasteiger partial charge in [-0.05, 0) is 38.5 Å². The van der Waals surface area contributed by atoms with Crippen LogP contribution in [0.25, 0.3) is 11.4 Å². The lowest BCUT2D eigenvalue weighted by atomic mass is 9.92. The van der Waals surface area contributed by atoms with Crippen LogP contribution in [0.15, 0.2) is 60.0 Å². The second kappa shape index (κ2) is 7.72. The van der Waals surface area contributed by atoms with Gasteiger partial charge in [-0.2, -0.15) is 8.78 Å². The fourth-order valence-electron chi connectivity index (χ4n) is 4.67. The largest absolute Gasteiger partial charge is 0.468 e. The Kier molecular flexibility index (Phi) is 4.73. The van der Waals surface area contributed by atoms with Gasteiger partial charge >= 0.3 is 6.61 Å². The van der Waals surface area contributed by atoms with E-state index < -0.39 is 12.2 Å². The molecule has 0 saturated carbocycles. The lowest BCUT2D eigenvalue weighted by Gasteiger charge is -2.25. The number of benzene rings is 2. The molecule has 0 fully saturated rings. The molecule has 35 heavy (non-hydrogen) atoms. The van der Waals surface area contributed by atoms with E-state index in [0.717, 1.165) is 17.0 Å². The van der Waals surface area contributed by atoms with Gasteiger partial charge < -0.3 is 9.47 Å². The van der Waals surface area contributed by atoms with Crippen molar-refractivity contribution in [3.8, 4) is 17.1 Å². The SMILES string of the molecule is Cc1ccc([C@@H]2N=C(c3ncn4c3Cc3cnnn3-c3cc(OC(F)F)ccc3-4)OC2(C)C)cc1. The van der Waals surface area contributed by atoms with Crippen molar-refractivity contribution in [3.63, 3.8) is 0 Å². The normalized spacial score (nSPS) is 17.8. The number of hydrogen-bond acceptors (Lipinski definition) is 6. The molecule has 10 heteroatoms. The van der Waals surface area contributed by atoms with Crippen molar-refractivity contribution in [2.45, 2.75) is 45.4 Å². The van der Waals surface area contributed by atoms with E-state index >= 15 is 0 Å². The Morgan fingerprint density at radius 1 is 1.11 bits per heavy atom. The smallest absolute Gasteiger partial charge is 0.387 e. The number of ether oxygens (including phenoxy) is 2. The van der Waals surface area contributed by atoms with Gasteiger partial charge in [0.25, 0.3) is 0 Å². The van der Waals surface area contributed by atoms with Gasteiger partial charge in [0.15, 0.2) is 0 Å². The highest BCUT2D eigenvalue weighted by Gasteiger charge is 2.41. The number of aliphatic imine (C=N–C) groups is 1. The number of fused-ring (bicyclic) bond motifs is 5. The molecule has 8 nitrogen and oxygen atoms in total. The van der Waals surface area contributed by atoms with Crippen LogP contribution in [0, 0.1) is 6.92 Å². The zero-order valence-electron chi connectivity index (χ0n) is 19.3. The van der Waals surface area contributed by atoms with Crippen LogP contribution >= 0.6 is 0 Å². The minimum absolute atomic E-state index is 0.0372. The van der Waals surface area contributed by atoms with Crippen molar-refractivity contribution in [1.82, 2.24) is 24.5 Å². The van der Waals surface area contributed by atoms with Gasteiger partial charge in [0.2, 0.25) is 5.90 Å². The molecule has 0 unspecified atom stereocenters.